The van der Waals surface area contributed by atoms with Crippen molar-refractivity contribution in [2.24, 2.45) is 5.73 Å². The van der Waals surface area contributed by atoms with Crippen LogP contribution >= 0.6 is 0 Å². The number of hydrogen-bond donors (Lipinski definition) is 1. The van der Waals surface area contributed by atoms with E-state index in [1.807, 2.05) is 41.9 Å². The van der Waals surface area contributed by atoms with E-state index in [4.69, 9.17) is 10.5 Å². The van der Waals surface area contributed by atoms with E-state index in [0.717, 1.165) is 16.9 Å². The lowest BCUT2D eigenvalue weighted by atomic mass is 10.2. The molecule has 0 fully saturated rings. The Morgan fingerprint density at radius 3 is 2.75 bits per heavy atom. The van der Waals surface area contributed by atoms with Gasteiger partial charge in [-0.05, 0) is 18.6 Å². The molecule has 2 rings (SSSR count). The highest BCUT2D eigenvalue weighted by atomic mass is 16.5. The highest BCUT2D eigenvalue weighted by molar-refractivity contribution is 5.41. The maximum atomic E-state index is 5.69. The standard InChI is InChI=1S/C12H15N3O/c1-9-5-3-4-6-11(9)15-10(8-13)7-12(14-15)16-2/h3-7H,8,13H2,1-2H3. The summed E-state index contributed by atoms with van der Waals surface area (Å²) in [5, 5.41) is 4.35. The van der Waals surface area contributed by atoms with Crippen molar-refractivity contribution in [3.05, 3.63) is 41.6 Å². The largest absolute Gasteiger partial charge is 0.480 e. The van der Waals surface area contributed by atoms with Gasteiger partial charge in [-0.2, -0.15) is 0 Å². The third kappa shape index (κ3) is 1.79. The Labute approximate surface area is 94.6 Å². The molecule has 0 aliphatic rings. The van der Waals surface area contributed by atoms with Gasteiger partial charge >= 0.3 is 0 Å². The Bertz CT molecular complexity index is 491. The molecule has 0 radical (unpaired) electrons. The van der Waals surface area contributed by atoms with E-state index in [-0.39, 0.29) is 0 Å². The first-order valence-corrected chi connectivity index (χ1v) is 5.15. The van der Waals surface area contributed by atoms with Crippen molar-refractivity contribution in [2.75, 3.05) is 7.11 Å². The summed E-state index contributed by atoms with van der Waals surface area (Å²) in [5.74, 6) is 0.587. The minimum Gasteiger partial charge on any atom is -0.480 e. The van der Waals surface area contributed by atoms with Crippen LogP contribution in [0.25, 0.3) is 5.69 Å². The maximum Gasteiger partial charge on any atom is 0.233 e. The number of aryl methyl sites for hydroxylation is 1. The summed E-state index contributed by atoms with van der Waals surface area (Å²) in [5.41, 5.74) is 8.82. The smallest absolute Gasteiger partial charge is 0.233 e. The predicted octanol–water partition coefficient (Wildman–Crippen LogP) is 1.65. The molecular weight excluding hydrogens is 202 g/mol. The quantitative estimate of drug-likeness (QED) is 0.850. The summed E-state index contributed by atoms with van der Waals surface area (Å²) in [6.07, 6.45) is 0. The van der Waals surface area contributed by atoms with E-state index in [2.05, 4.69) is 5.10 Å². The van der Waals surface area contributed by atoms with E-state index in [9.17, 15) is 0 Å². The van der Waals surface area contributed by atoms with Gasteiger partial charge in [0.2, 0.25) is 5.88 Å². The van der Waals surface area contributed by atoms with Crippen LogP contribution in [0.2, 0.25) is 0 Å². The number of aromatic nitrogens is 2. The highest BCUT2D eigenvalue weighted by Crippen LogP contribution is 2.19. The first-order chi connectivity index (χ1) is 7.76. The lowest BCUT2D eigenvalue weighted by Crippen LogP contribution is -2.07. The Kier molecular flexibility index (Phi) is 2.92. The van der Waals surface area contributed by atoms with Gasteiger partial charge in [0.15, 0.2) is 0 Å². The second-order valence-electron chi connectivity index (χ2n) is 3.58. The van der Waals surface area contributed by atoms with Crippen LogP contribution in [-0.2, 0) is 6.54 Å². The summed E-state index contributed by atoms with van der Waals surface area (Å²) < 4.78 is 6.94. The van der Waals surface area contributed by atoms with Crippen molar-refractivity contribution in [2.45, 2.75) is 13.5 Å². The molecule has 0 unspecified atom stereocenters. The molecule has 0 aliphatic carbocycles. The van der Waals surface area contributed by atoms with Crippen molar-refractivity contribution in [1.29, 1.82) is 0 Å². The zero-order valence-corrected chi connectivity index (χ0v) is 9.47. The molecule has 0 spiro atoms. The lowest BCUT2D eigenvalue weighted by molar-refractivity contribution is 0.394. The molecule has 0 saturated heterocycles. The Morgan fingerprint density at radius 2 is 2.12 bits per heavy atom. The number of hydrogen-bond acceptors (Lipinski definition) is 3. The van der Waals surface area contributed by atoms with Gasteiger partial charge < -0.3 is 10.5 Å². The van der Waals surface area contributed by atoms with Crippen molar-refractivity contribution in [3.8, 4) is 11.6 Å². The Morgan fingerprint density at radius 1 is 1.38 bits per heavy atom. The molecule has 2 N–H and O–H groups in total. The molecule has 0 bridgehead atoms. The van der Waals surface area contributed by atoms with Gasteiger partial charge in [-0.3, -0.25) is 0 Å². The Hall–Kier alpha value is -1.81. The van der Waals surface area contributed by atoms with Gasteiger partial charge in [0.05, 0.1) is 18.5 Å². The first-order valence-electron chi connectivity index (χ1n) is 5.15. The van der Waals surface area contributed by atoms with E-state index < -0.39 is 0 Å². The molecule has 4 nitrogen and oxygen atoms in total. The topological polar surface area (TPSA) is 53.1 Å². The molecule has 0 saturated carbocycles. The summed E-state index contributed by atoms with van der Waals surface area (Å²) in [4.78, 5) is 0. The van der Waals surface area contributed by atoms with Crippen LogP contribution in [0.1, 0.15) is 11.3 Å². The van der Waals surface area contributed by atoms with Crippen molar-refractivity contribution < 1.29 is 4.74 Å². The molecular formula is C12H15N3O. The van der Waals surface area contributed by atoms with E-state index >= 15 is 0 Å². The van der Waals surface area contributed by atoms with Crippen molar-refractivity contribution in [1.82, 2.24) is 9.78 Å². The SMILES string of the molecule is COc1cc(CN)n(-c2ccccc2C)n1. The predicted molar refractivity (Wildman–Crippen MR) is 62.7 cm³/mol. The fourth-order valence-corrected chi connectivity index (χ4v) is 1.65. The number of para-hydroxylation sites is 1. The number of nitrogens with zero attached hydrogens (tertiary/aromatic N) is 2. The fourth-order valence-electron chi connectivity index (χ4n) is 1.65. The third-order valence-electron chi connectivity index (χ3n) is 2.52. The van der Waals surface area contributed by atoms with Gasteiger partial charge in [0.25, 0.3) is 0 Å². The minimum atomic E-state index is 0.435. The van der Waals surface area contributed by atoms with Gasteiger partial charge in [-0.15, -0.1) is 5.10 Å². The molecule has 2 aromatic rings. The van der Waals surface area contributed by atoms with Crippen LogP contribution in [-0.4, -0.2) is 16.9 Å². The minimum absolute atomic E-state index is 0.435. The number of rotatable bonds is 3. The zero-order valence-electron chi connectivity index (χ0n) is 9.47. The first kappa shape index (κ1) is 10.7. The number of ether oxygens (including phenoxy) is 1. The second kappa shape index (κ2) is 4.37. The van der Waals surface area contributed by atoms with Crippen LogP contribution in [0.15, 0.2) is 30.3 Å². The number of methoxy groups -OCH3 is 1. The van der Waals surface area contributed by atoms with Crippen molar-refractivity contribution >= 4 is 0 Å². The van der Waals surface area contributed by atoms with Gasteiger partial charge in [0, 0.05) is 12.6 Å². The van der Waals surface area contributed by atoms with Gasteiger partial charge in [-0.25, -0.2) is 4.68 Å². The summed E-state index contributed by atoms with van der Waals surface area (Å²) in [6, 6.07) is 9.90. The summed E-state index contributed by atoms with van der Waals surface area (Å²) in [6.45, 7) is 2.48. The van der Waals surface area contributed by atoms with Crippen LogP contribution in [0, 0.1) is 6.92 Å². The fraction of sp³-hybridized carbons (Fsp3) is 0.250. The monoisotopic (exact) mass is 217 g/mol. The molecule has 1 heterocycles. The number of nitrogens with two attached hydrogens (primary N) is 1. The summed E-state index contributed by atoms with van der Waals surface area (Å²) in [7, 11) is 1.60. The lowest BCUT2D eigenvalue weighted by Gasteiger charge is -2.08. The van der Waals surface area contributed by atoms with Crippen LogP contribution in [0.4, 0.5) is 0 Å². The van der Waals surface area contributed by atoms with E-state index in [1.54, 1.807) is 7.11 Å². The van der Waals surface area contributed by atoms with Gasteiger partial charge in [-0.1, -0.05) is 18.2 Å². The van der Waals surface area contributed by atoms with Crippen LogP contribution in [0.5, 0.6) is 5.88 Å². The average molecular weight is 217 g/mol. The van der Waals surface area contributed by atoms with Crippen LogP contribution in [0.3, 0.4) is 0 Å². The highest BCUT2D eigenvalue weighted by Gasteiger charge is 2.09. The normalized spacial score (nSPS) is 10.4. The van der Waals surface area contributed by atoms with Crippen molar-refractivity contribution in [3.63, 3.8) is 0 Å². The third-order valence-corrected chi connectivity index (χ3v) is 2.52. The molecule has 4 heteroatoms. The van der Waals surface area contributed by atoms with Gasteiger partial charge in [0.1, 0.15) is 0 Å². The van der Waals surface area contributed by atoms with Crippen LogP contribution < -0.4 is 10.5 Å². The molecule has 84 valence electrons. The zero-order chi connectivity index (χ0) is 11.5. The molecule has 1 aromatic heterocycles. The summed E-state index contributed by atoms with van der Waals surface area (Å²) >= 11 is 0. The molecule has 0 aliphatic heterocycles. The molecule has 0 amide bonds. The molecule has 0 atom stereocenters. The molecule has 1 aromatic carbocycles. The molecule has 16 heavy (non-hydrogen) atoms. The maximum absolute atomic E-state index is 5.69. The average Bonchev–Trinajstić information content (AvgIpc) is 2.72. The second-order valence-corrected chi connectivity index (χ2v) is 3.58. The number of benzene rings is 1. The van der Waals surface area contributed by atoms with E-state index in [0.29, 0.717) is 12.4 Å². The van der Waals surface area contributed by atoms with E-state index in [1.165, 1.54) is 0 Å². The Balaban J connectivity index is 2.54.